The number of carbonyl (C=O) groups is 2. The van der Waals surface area contributed by atoms with Gasteiger partial charge in [0.25, 0.3) is 0 Å². The molecule has 0 amide bonds. The van der Waals surface area contributed by atoms with E-state index in [2.05, 4.69) is 14.5 Å². The van der Waals surface area contributed by atoms with E-state index in [9.17, 15) is 35.9 Å². The molecule has 0 aliphatic heterocycles. The lowest BCUT2D eigenvalue weighted by atomic mass is 9.86. The summed E-state index contributed by atoms with van der Waals surface area (Å²) in [6.45, 7) is -0.294. The Morgan fingerprint density at radius 1 is 0.839 bits per heavy atom. The summed E-state index contributed by atoms with van der Waals surface area (Å²) in [6.07, 6.45) is -10.6. The Bertz CT molecular complexity index is 876. The van der Waals surface area contributed by atoms with Crippen LogP contribution in [0.3, 0.4) is 0 Å². The standard InChI is InChI=1S/C20H16F6O5/c1-29-10-11-30-31-18(28)15(12-6-3-2-4-7-12)17(27)16-13(19(21,22)23)8-5-9-14(16)20(24,25)26/h2-9,15H,10-11H2,1H3. The molecule has 2 aromatic rings. The van der Waals surface area contributed by atoms with Gasteiger partial charge in [-0.2, -0.15) is 31.2 Å². The highest BCUT2D eigenvalue weighted by atomic mass is 19.4. The van der Waals surface area contributed by atoms with Crippen molar-refractivity contribution in [2.45, 2.75) is 18.3 Å². The highest BCUT2D eigenvalue weighted by Crippen LogP contribution is 2.41. The van der Waals surface area contributed by atoms with Crippen LogP contribution in [-0.4, -0.2) is 32.1 Å². The topological polar surface area (TPSA) is 61.8 Å². The van der Waals surface area contributed by atoms with E-state index in [1.165, 1.54) is 37.4 Å². The van der Waals surface area contributed by atoms with E-state index in [1.54, 1.807) is 0 Å². The van der Waals surface area contributed by atoms with Gasteiger partial charge in [-0.1, -0.05) is 36.4 Å². The number of benzene rings is 2. The largest absolute Gasteiger partial charge is 0.417 e. The van der Waals surface area contributed by atoms with Crippen molar-refractivity contribution in [1.82, 2.24) is 0 Å². The molecule has 0 aliphatic rings. The zero-order valence-corrected chi connectivity index (χ0v) is 15.9. The van der Waals surface area contributed by atoms with Gasteiger partial charge in [0.2, 0.25) is 0 Å². The summed E-state index contributed by atoms with van der Waals surface area (Å²) in [4.78, 5) is 34.5. The van der Waals surface area contributed by atoms with Gasteiger partial charge >= 0.3 is 18.3 Å². The van der Waals surface area contributed by atoms with E-state index >= 15 is 0 Å². The van der Waals surface area contributed by atoms with Gasteiger partial charge in [0.05, 0.1) is 17.7 Å². The number of hydrogen-bond donors (Lipinski definition) is 0. The van der Waals surface area contributed by atoms with Crippen LogP contribution in [0.15, 0.2) is 48.5 Å². The van der Waals surface area contributed by atoms with Crippen molar-refractivity contribution in [2.75, 3.05) is 20.3 Å². The van der Waals surface area contributed by atoms with Gasteiger partial charge in [-0.25, -0.2) is 4.79 Å². The van der Waals surface area contributed by atoms with E-state index in [4.69, 9.17) is 0 Å². The van der Waals surface area contributed by atoms with Crippen LogP contribution in [0.1, 0.15) is 33.0 Å². The Balaban J connectivity index is 2.60. The lowest BCUT2D eigenvalue weighted by Gasteiger charge is -2.21. The summed E-state index contributed by atoms with van der Waals surface area (Å²) >= 11 is 0. The first-order valence-corrected chi connectivity index (χ1v) is 8.67. The molecule has 5 nitrogen and oxygen atoms in total. The highest BCUT2D eigenvalue weighted by Gasteiger charge is 2.45. The fraction of sp³-hybridized carbons (Fsp3) is 0.300. The van der Waals surface area contributed by atoms with Gasteiger partial charge in [-0.15, -0.1) is 0 Å². The van der Waals surface area contributed by atoms with E-state index in [-0.39, 0.29) is 18.8 Å². The molecule has 0 heterocycles. The fourth-order valence-corrected chi connectivity index (χ4v) is 2.74. The van der Waals surface area contributed by atoms with Crippen molar-refractivity contribution < 1.29 is 50.4 Å². The molecule has 0 radical (unpaired) electrons. The van der Waals surface area contributed by atoms with Crippen LogP contribution in [-0.2, 0) is 31.7 Å². The van der Waals surface area contributed by atoms with Crippen LogP contribution < -0.4 is 0 Å². The van der Waals surface area contributed by atoms with Gasteiger partial charge < -0.3 is 4.74 Å². The highest BCUT2D eigenvalue weighted by molar-refractivity contribution is 6.14. The molecule has 0 N–H and O–H groups in total. The second-order valence-electron chi connectivity index (χ2n) is 6.15. The zero-order chi connectivity index (χ0) is 23.2. The summed E-state index contributed by atoms with van der Waals surface area (Å²) in [5.41, 5.74) is -5.48. The van der Waals surface area contributed by atoms with Gasteiger partial charge in [0.15, 0.2) is 5.78 Å². The van der Waals surface area contributed by atoms with Crippen molar-refractivity contribution in [1.29, 1.82) is 0 Å². The molecule has 1 atom stereocenters. The number of ketones is 1. The lowest BCUT2D eigenvalue weighted by molar-refractivity contribution is -0.276. The minimum atomic E-state index is -5.29. The Morgan fingerprint density at radius 3 is 1.87 bits per heavy atom. The molecule has 0 aromatic heterocycles. The molecule has 168 valence electrons. The molecule has 2 rings (SSSR count). The Hall–Kier alpha value is -2.92. The molecule has 0 spiro atoms. The SMILES string of the molecule is COCCOOC(=O)C(C(=O)c1c(C(F)(F)F)cccc1C(F)(F)F)c1ccccc1. The molecule has 31 heavy (non-hydrogen) atoms. The van der Waals surface area contributed by atoms with E-state index in [1.807, 2.05) is 0 Å². The monoisotopic (exact) mass is 450 g/mol. The van der Waals surface area contributed by atoms with E-state index < -0.39 is 46.7 Å². The van der Waals surface area contributed by atoms with Crippen molar-refractivity contribution in [2.24, 2.45) is 0 Å². The number of hydrogen-bond acceptors (Lipinski definition) is 5. The van der Waals surface area contributed by atoms with Gasteiger partial charge in [0.1, 0.15) is 12.5 Å². The molecule has 2 aromatic carbocycles. The summed E-state index contributed by atoms with van der Waals surface area (Å²) in [6, 6.07) is 7.80. The normalized spacial score (nSPS) is 13.0. The van der Waals surface area contributed by atoms with Crippen molar-refractivity contribution in [3.8, 4) is 0 Å². The minimum absolute atomic E-state index is 0.0215. The summed E-state index contributed by atoms with van der Waals surface area (Å²) in [5.74, 6) is -5.34. The predicted octanol–water partition coefficient (Wildman–Crippen LogP) is 4.81. The maximum absolute atomic E-state index is 13.5. The number of rotatable bonds is 8. The number of methoxy groups -OCH3 is 1. The average Bonchev–Trinajstić information content (AvgIpc) is 2.70. The fourth-order valence-electron chi connectivity index (χ4n) is 2.74. The Morgan fingerprint density at radius 2 is 1.39 bits per heavy atom. The van der Waals surface area contributed by atoms with Crippen molar-refractivity contribution >= 4 is 11.8 Å². The number of carbonyl (C=O) groups excluding carboxylic acids is 2. The number of Topliss-reactive ketones (excluding diaryl/α,β-unsaturated/α-hetero) is 1. The van der Waals surface area contributed by atoms with Crippen LogP contribution in [0.2, 0.25) is 0 Å². The molecule has 1 unspecified atom stereocenters. The van der Waals surface area contributed by atoms with Crippen molar-refractivity contribution in [3.05, 3.63) is 70.8 Å². The van der Waals surface area contributed by atoms with Gasteiger partial charge in [0, 0.05) is 12.7 Å². The second-order valence-corrected chi connectivity index (χ2v) is 6.15. The molecular formula is C20H16F6O5. The maximum Gasteiger partial charge on any atom is 0.417 e. The minimum Gasteiger partial charge on any atom is -0.382 e. The number of halogens is 6. The summed E-state index contributed by atoms with van der Waals surface area (Å²) in [5, 5.41) is 0. The first kappa shape index (κ1) is 24.4. The van der Waals surface area contributed by atoms with E-state index in [0.29, 0.717) is 18.2 Å². The third kappa shape index (κ3) is 6.05. The third-order valence-electron chi connectivity index (χ3n) is 4.06. The Kier molecular flexibility index (Phi) is 7.80. The third-order valence-corrected chi connectivity index (χ3v) is 4.06. The van der Waals surface area contributed by atoms with Crippen LogP contribution >= 0.6 is 0 Å². The van der Waals surface area contributed by atoms with Crippen molar-refractivity contribution in [3.63, 3.8) is 0 Å². The molecule has 0 saturated heterocycles. The summed E-state index contributed by atoms with van der Waals surface area (Å²) in [7, 11) is 1.31. The molecule has 0 aliphatic carbocycles. The lowest BCUT2D eigenvalue weighted by Crippen LogP contribution is -2.29. The molecule has 0 bridgehead atoms. The zero-order valence-electron chi connectivity index (χ0n) is 15.9. The van der Waals surface area contributed by atoms with Gasteiger partial charge in [-0.05, 0) is 17.7 Å². The predicted molar refractivity (Wildman–Crippen MR) is 93.9 cm³/mol. The number of ether oxygens (including phenoxy) is 1. The Labute approximate surface area is 172 Å². The van der Waals surface area contributed by atoms with Crippen LogP contribution in [0.25, 0.3) is 0 Å². The first-order valence-electron chi connectivity index (χ1n) is 8.67. The smallest absolute Gasteiger partial charge is 0.382 e. The van der Waals surface area contributed by atoms with Crippen LogP contribution in [0, 0.1) is 0 Å². The molecule has 11 heteroatoms. The van der Waals surface area contributed by atoms with Gasteiger partial charge in [-0.3, -0.25) is 9.68 Å². The molecule has 0 fully saturated rings. The van der Waals surface area contributed by atoms with E-state index in [0.717, 1.165) is 0 Å². The van der Waals surface area contributed by atoms with Crippen LogP contribution in [0.4, 0.5) is 26.3 Å². The maximum atomic E-state index is 13.5. The second kappa shape index (κ2) is 9.92. The number of alkyl halides is 6. The average molecular weight is 450 g/mol. The van der Waals surface area contributed by atoms with Crippen LogP contribution in [0.5, 0.6) is 0 Å². The molecule has 0 saturated carbocycles. The summed E-state index contributed by atoms with van der Waals surface area (Å²) < 4.78 is 85.4. The molecular weight excluding hydrogens is 434 g/mol. The first-order chi connectivity index (χ1) is 14.5. The quantitative estimate of drug-likeness (QED) is 0.144.